The maximum atomic E-state index is 15.1. The van der Waals surface area contributed by atoms with Crippen LogP contribution in [-0.4, -0.2) is 142 Å². The van der Waals surface area contributed by atoms with Crippen LogP contribution < -0.4 is 44.5 Å². The molecular weight excluding hydrogens is 1350 g/mol. The second-order valence-corrected chi connectivity index (χ2v) is 27.7. The zero-order valence-corrected chi connectivity index (χ0v) is 60.9. The molecular formula is C74H86N8O18S2. The monoisotopic (exact) mass is 1440 g/mol. The number of rotatable bonds is 33. The topological polar surface area (TPSA) is 295 Å². The Balaban J connectivity index is 1.04. The van der Waals surface area contributed by atoms with E-state index in [4.69, 9.17) is 57.3 Å². The molecule has 1 fully saturated rings. The number of ether oxygens (including phenoxy) is 10. The number of benzene rings is 5. The first-order valence-electron chi connectivity index (χ1n) is 33.2. The summed E-state index contributed by atoms with van der Waals surface area (Å²) in [6.07, 6.45) is -0.924. The Kier molecular flexibility index (Phi) is 26.0. The summed E-state index contributed by atoms with van der Waals surface area (Å²) < 4.78 is 58.7. The molecule has 0 bridgehead atoms. The number of amides is 3. The summed E-state index contributed by atoms with van der Waals surface area (Å²) in [6.45, 7) is 14.8. The minimum atomic E-state index is -1.79. The van der Waals surface area contributed by atoms with E-state index in [1.165, 1.54) is 36.3 Å². The number of hydrogen-bond donors (Lipinski definition) is 2. The number of methoxy groups -OCH3 is 4. The van der Waals surface area contributed by atoms with Crippen molar-refractivity contribution in [1.29, 1.82) is 0 Å². The van der Waals surface area contributed by atoms with Gasteiger partial charge in [0.2, 0.25) is 11.5 Å². The molecule has 2 aliphatic heterocycles. The highest BCUT2D eigenvalue weighted by Gasteiger charge is 2.55. The van der Waals surface area contributed by atoms with E-state index in [9.17, 15) is 28.8 Å². The number of oxime groups is 1. The van der Waals surface area contributed by atoms with E-state index in [2.05, 4.69) is 27.7 Å². The number of esters is 3. The van der Waals surface area contributed by atoms with Crippen LogP contribution in [0.2, 0.25) is 0 Å². The predicted molar refractivity (Wildman–Crippen MR) is 383 cm³/mol. The molecule has 1 saturated heterocycles. The molecule has 542 valence electrons. The van der Waals surface area contributed by atoms with Crippen molar-refractivity contribution in [3.8, 4) is 34.5 Å². The third kappa shape index (κ3) is 20.5. The summed E-state index contributed by atoms with van der Waals surface area (Å²) in [5.74, 6) is -1.02. The van der Waals surface area contributed by atoms with Crippen LogP contribution in [0.1, 0.15) is 115 Å². The molecule has 3 amide bonds. The number of thiazole rings is 1. The molecule has 102 heavy (non-hydrogen) atoms. The number of nitrogens with one attached hydrogen (secondary N) is 2. The first-order chi connectivity index (χ1) is 48.9. The van der Waals surface area contributed by atoms with Gasteiger partial charge in [-0.05, 0) is 144 Å². The van der Waals surface area contributed by atoms with Crippen molar-refractivity contribution >= 4 is 80.7 Å². The normalized spacial score (nSPS) is 14.8. The Morgan fingerprint density at radius 2 is 1.23 bits per heavy atom. The van der Waals surface area contributed by atoms with Crippen LogP contribution in [0, 0.1) is 0 Å². The minimum absolute atomic E-state index is 0.0223. The molecule has 28 heteroatoms. The summed E-state index contributed by atoms with van der Waals surface area (Å²) >= 11 is 2.18. The fourth-order valence-electron chi connectivity index (χ4n) is 10.7. The third-order valence-corrected chi connectivity index (χ3v) is 17.9. The molecule has 0 radical (unpaired) electrons. The van der Waals surface area contributed by atoms with Gasteiger partial charge < -0.3 is 57.5 Å². The Bertz CT molecular complexity index is 4220. The van der Waals surface area contributed by atoms with Crippen LogP contribution >= 0.6 is 23.1 Å². The molecule has 2 aliphatic rings. The average molecular weight is 1440 g/mol. The first kappa shape index (κ1) is 76.0. The van der Waals surface area contributed by atoms with Gasteiger partial charge in [0.15, 0.2) is 22.3 Å². The lowest BCUT2D eigenvalue weighted by Crippen LogP contribution is -2.71. The number of aryl methyl sites for hydroxylation is 1. The Labute approximate surface area is 599 Å². The van der Waals surface area contributed by atoms with Crippen LogP contribution in [-0.2, 0) is 87.3 Å². The SMILES string of the molecule is CCCCCN(CC1=C(C(=O)OCc2ccc(OC)cc2)N2C(=O)[C@@H](NC(=O)/C(=N\O[C@@H](CC(=O)OC(C)(C)C)C(=O)OCc3ccc(OC)cc3)c3csc(NC(=O)OC(C)(C)C)n3)[C@H]2SC1)Cc1nn(CC)c2cc(OCc3ccc(OC)cc3)c(OCc3ccc(OC)cc3)cc2c1=O. The molecule has 7 aromatic rings. The van der Waals surface area contributed by atoms with E-state index in [1.807, 2.05) is 60.4 Å². The number of nitrogens with zero attached hydrogens (tertiary/aromatic N) is 6. The summed E-state index contributed by atoms with van der Waals surface area (Å²) in [7, 11) is 6.24. The van der Waals surface area contributed by atoms with Gasteiger partial charge in [-0.3, -0.25) is 39.0 Å². The summed E-state index contributed by atoms with van der Waals surface area (Å²) in [5.41, 5.74) is 1.16. The van der Waals surface area contributed by atoms with E-state index in [0.29, 0.717) is 81.6 Å². The van der Waals surface area contributed by atoms with Gasteiger partial charge in [-0.25, -0.2) is 19.4 Å². The van der Waals surface area contributed by atoms with Gasteiger partial charge in [-0.15, -0.1) is 23.1 Å². The standard InChI is InChI=1S/C74H86N8O18S2/c1-13-15-16-33-80(38-55-65(84)54-34-58(94-39-45-17-25-50(90-9)26-18-45)59(35-57(54)81(14-2)78-55)95-40-46-19-27-51(91-10)28-20-46)37-49-43-101-68-63(67(86)82(68)64(49)70(88)97-42-48-23-31-53(93-12)32-24-48)76-66(85)62(56-44-102-71(75-56)77-72(89)99-74(6,7)8)79-100-60(36-61(83)98-73(3,4)5)69(87)96-41-47-21-29-52(92-11)30-22-47/h17-32,34-35,44,60,63,68H,13-16,33,36-43H2,1-12H3,(H,76,85)(H,75,77,89)/b79-62-/t60-,63+,68+/m0/s1. The highest BCUT2D eigenvalue weighted by Crippen LogP contribution is 2.42. The molecule has 0 spiro atoms. The number of thioether (sulfide) groups is 1. The zero-order valence-electron chi connectivity index (χ0n) is 59.2. The zero-order chi connectivity index (χ0) is 73.3. The molecule has 9 rings (SSSR count). The van der Waals surface area contributed by atoms with Gasteiger partial charge in [0, 0.05) is 36.8 Å². The first-order valence-corrected chi connectivity index (χ1v) is 35.1. The molecule has 4 heterocycles. The second-order valence-electron chi connectivity index (χ2n) is 25.8. The van der Waals surface area contributed by atoms with Crippen molar-refractivity contribution in [3.63, 3.8) is 0 Å². The van der Waals surface area contributed by atoms with Crippen LogP contribution in [0.15, 0.2) is 136 Å². The van der Waals surface area contributed by atoms with E-state index in [0.717, 1.165) is 35.3 Å². The van der Waals surface area contributed by atoms with Crippen molar-refractivity contribution in [1.82, 2.24) is 29.9 Å². The van der Waals surface area contributed by atoms with Gasteiger partial charge in [0.25, 0.3) is 11.8 Å². The number of carbonyl (C=O) groups excluding carboxylic acids is 6. The Hall–Kier alpha value is -10.2. The number of carbonyl (C=O) groups is 6. The van der Waals surface area contributed by atoms with E-state index >= 15 is 4.79 Å². The lowest BCUT2D eigenvalue weighted by molar-refractivity contribution is -0.169. The summed E-state index contributed by atoms with van der Waals surface area (Å²) in [4.78, 5) is 114. The van der Waals surface area contributed by atoms with E-state index in [1.54, 1.807) is 121 Å². The maximum Gasteiger partial charge on any atom is 0.413 e. The molecule has 0 saturated carbocycles. The van der Waals surface area contributed by atoms with Crippen molar-refractivity contribution in [2.45, 2.75) is 149 Å². The number of fused-ring (bicyclic) bond motifs is 2. The third-order valence-electron chi connectivity index (χ3n) is 15.8. The Morgan fingerprint density at radius 3 is 1.75 bits per heavy atom. The smallest absolute Gasteiger partial charge is 0.413 e. The van der Waals surface area contributed by atoms with Crippen LogP contribution in [0.4, 0.5) is 9.93 Å². The second kappa shape index (κ2) is 34.9. The fourth-order valence-corrected chi connectivity index (χ4v) is 12.7. The largest absolute Gasteiger partial charge is 0.497 e. The van der Waals surface area contributed by atoms with Gasteiger partial charge in [-0.1, -0.05) is 73.5 Å². The number of unbranched alkanes of at least 4 members (excludes halogenated alkanes) is 2. The molecule has 5 aromatic carbocycles. The van der Waals surface area contributed by atoms with Gasteiger partial charge in [-0.2, -0.15) is 5.10 Å². The van der Waals surface area contributed by atoms with Crippen LogP contribution in [0.25, 0.3) is 10.9 Å². The van der Waals surface area contributed by atoms with Crippen LogP contribution in [0.5, 0.6) is 34.5 Å². The molecule has 2 N–H and O–H groups in total. The average Bonchev–Trinajstić information content (AvgIpc) is 0.752. The quantitative estimate of drug-likeness (QED) is 0.00964. The van der Waals surface area contributed by atoms with Crippen LogP contribution in [0.3, 0.4) is 0 Å². The van der Waals surface area contributed by atoms with E-state index < -0.39 is 76.7 Å². The summed E-state index contributed by atoms with van der Waals surface area (Å²) in [5, 5.41) is 15.2. The minimum Gasteiger partial charge on any atom is -0.497 e. The lowest BCUT2D eigenvalue weighted by Gasteiger charge is -2.50. The highest BCUT2D eigenvalue weighted by molar-refractivity contribution is 8.00. The highest BCUT2D eigenvalue weighted by atomic mass is 32.2. The number of anilines is 1. The molecule has 0 aliphatic carbocycles. The van der Waals surface area contributed by atoms with Crippen molar-refractivity contribution < 1.29 is 81.0 Å². The predicted octanol–water partition coefficient (Wildman–Crippen LogP) is 11.1. The van der Waals surface area contributed by atoms with Gasteiger partial charge >= 0.3 is 24.0 Å². The van der Waals surface area contributed by atoms with Gasteiger partial charge in [0.1, 0.15) is 89.1 Å². The van der Waals surface area contributed by atoms with Gasteiger partial charge in [0.05, 0.1) is 45.8 Å². The van der Waals surface area contributed by atoms with Crippen molar-refractivity contribution in [2.75, 3.05) is 52.6 Å². The number of hydrogen-bond acceptors (Lipinski definition) is 24. The Morgan fingerprint density at radius 1 is 0.686 bits per heavy atom. The number of aromatic nitrogens is 3. The molecule has 0 unspecified atom stereocenters. The molecule has 2 aromatic heterocycles. The number of β-lactam (4-membered cyclic amide) rings is 1. The lowest BCUT2D eigenvalue weighted by atomic mass is 10.0. The molecule has 3 atom stereocenters. The van der Waals surface area contributed by atoms with E-state index in [-0.39, 0.29) is 72.9 Å². The fraction of sp³-hybridized carbons (Fsp3) is 0.405. The summed E-state index contributed by atoms with van der Waals surface area (Å²) in [6, 6.07) is 30.8. The van der Waals surface area contributed by atoms with Crippen molar-refractivity contribution in [3.05, 3.63) is 170 Å². The molecule has 26 nitrogen and oxygen atoms in total. The van der Waals surface area contributed by atoms with Crippen molar-refractivity contribution in [2.24, 2.45) is 5.16 Å². The maximum absolute atomic E-state index is 15.1.